The Labute approximate surface area is 178 Å². The van der Waals surface area contributed by atoms with E-state index in [1.165, 1.54) is 42.6 Å². The van der Waals surface area contributed by atoms with Gasteiger partial charge >= 0.3 is 0 Å². The zero-order valence-electron chi connectivity index (χ0n) is 16.2. The molecular weight excluding hydrogens is 420 g/mol. The molecule has 0 aliphatic rings. The summed E-state index contributed by atoms with van der Waals surface area (Å²) in [5, 5.41) is 14.5. The van der Waals surface area contributed by atoms with Gasteiger partial charge in [-0.15, -0.1) is 0 Å². The number of para-hydroxylation sites is 1. The maximum Gasteiger partial charge on any atom is 0.269 e. The number of anilines is 1. The third-order valence-corrected chi connectivity index (χ3v) is 5.96. The van der Waals surface area contributed by atoms with E-state index in [0.29, 0.717) is 11.3 Å². The van der Waals surface area contributed by atoms with Gasteiger partial charge in [-0.2, -0.15) is 5.10 Å². The number of carbonyl (C=O) groups is 1. The molecule has 31 heavy (non-hydrogen) atoms. The number of amides is 1. The number of carbonyl (C=O) groups excluding carboxylic acids is 1. The second-order valence-electron chi connectivity index (χ2n) is 6.30. The molecule has 0 saturated heterocycles. The fraction of sp³-hybridized carbons (Fsp3) is 0.0476. The molecule has 1 amide bonds. The predicted octanol–water partition coefficient (Wildman–Crippen LogP) is 2.94. The first-order valence-electron chi connectivity index (χ1n) is 9.07. The second-order valence-corrected chi connectivity index (χ2v) is 8.16. The quantitative estimate of drug-likeness (QED) is 0.329. The van der Waals surface area contributed by atoms with Crippen molar-refractivity contribution in [2.75, 3.05) is 10.8 Å². The molecular formula is C21H18N4O5S. The lowest BCUT2D eigenvalue weighted by molar-refractivity contribution is -0.384. The van der Waals surface area contributed by atoms with Crippen molar-refractivity contribution in [3.05, 3.63) is 101 Å². The maximum absolute atomic E-state index is 13.1. The van der Waals surface area contributed by atoms with E-state index >= 15 is 0 Å². The van der Waals surface area contributed by atoms with Gasteiger partial charge in [0.2, 0.25) is 0 Å². The number of non-ortho nitro benzene ring substituents is 1. The van der Waals surface area contributed by atoms with Gasteiger partial charge < -0.3 is 0 Å². The van der Waals surface area contributed by atoms with E-state index in [4.69, 9.17) is 0 Å². The van der Waals surface area contributed by atoms with E-state index in [0.717, 1.165) is 4.31 Å². The van der Waals surface area contributed by atoms with E-state index in [1.54, 1.807) is 48.5 Å². The normalized spacial score (nSPS) is 11.2. The number of hydrogen-bond donors (Lipinski definition) is 1. The summed E-state index contributed by atoms with van der Waals surface area (Å²) in [7, 11) is -3.98. The van der Waals surface area contributed by atoms with Crippen molar-refractivity contribution >= 4 is 33.5 Å². The van der Waals surface area contributed by atoms with Gasteiger partial charge in [0.25, 0.3) is 21.6 Å². The molecule has 9 nitrogen and oxygen atoms in total. The van der Waals surface area contributed by atoms with Crippen LogP contribution in [0.25, 0.3) is 0 Å². The standard InChI is InChI=1S/C21H18N4O5S/c26-21(23-22-15-17-11-13-19(14-12-17)25(27)28)16-24(18-7-3-1-4-8-18)31(29,30)20-9-5-2-6-10-20/h1-15H,16H2,(H,23,26)/b22-15-. The number of hydrogen-bond acceptors (Lipinski definition) is 6. The minimum absolute atomic E-state index is 0.0565. The monoisotopic (exact) mass is 438 g/mol. The van der Waals surface area contributed by atoms with Gasteiger partial charge in [0.05, 0.1) is 21.7 Å². The fourth-order valence-electron chi connectivity index (χ4n) is 2.66. The van der Waals surface area contributed by atoms with E-state index < -0.39 is 27.4 Å². The van der Waals surface area contributed by atoms with Crippen LogP contribution in [0, 0.1) is 10.1 Å². The average Bonchev–Trinajstić information content (AvgIpc) is 2.79. The van der Waals surface area contributed by atoms with Crippen molar-refractivity contribution in [2.45, 2.75) is 4.90 Å². The van der Waals surface area contributed by atoms with Gasteiger partial charge in [0, 0.05) is 12.1 Å². The zero-order valence-corrected chi connectivity index (χ0v) is 17.0. The summed E-state index contributed by atoms with van der Waals surface area (Å²) >= 11 is 0. The second kappa shape index (κ2) is 9.63. The molecule has 3 aromatic carbocycles. The molecule has 0 aromatic heterocycles. The maximum atomic E-state index is 13.1. The van der Waals surface area contributed by atoms with Gasteiger partial charge in [-0.1, -0.05) is 36.4 Å². The largest absolute Gasteiger partial charge is 0.271 e. The van der Waals surface area contributed by atoms with Crippen LogP contribution in [0.1, 0.15) is 5.56 Å². The van der Waals surface area contributed by atoms with Crippen LogP contribution in [-0.4, -0.2) is 32.0 Å². The third-order valence-electron chi connectivity index (χ3n) is 4.17. The summed E-state index contributed by atoms with van der Waals surface area (Å²) < 4.78 is 27.2. The van der Waals surface area contributed by atoms with E-state index in [2.05, 4.69) is 10.5 Å². The molecule has 10 heteroatoms. The molecule has 0 atom stereocenters. The highest BCUT2D eigenvalue weighted by molar-refractivity contribution is 7.92. The molecule has 0 radical (unpaired) electrons. The molecule has 158 valence electrons. The molecule has 0 spiro atoms. The van der Waals surface area contributed by atoms with Crippen LogP contribution in [-0.2, 0) is 14.8 Å². The smallest absolute Gasteiger partial charge is 0.269 e. The SMILES string of the molecule is O=C(CN(c1ccccc1)S(=O)(=O)c1ccccc1)N/N=C\c1ccc([N+](=O)[O-])cc1. The molecule has 0 fully saturated rings. The number of nitro groups is 1. The summed E-state index contributed by atoms with van der Waals surface area (Å²) in [6.07, 6.45) is 1.31. The number of sulfonamides is 1. The molecule has 1 N–H and O–H groups in total. The number of nitrogens with zero attached hydrogens (tertiary/aromatic N) is 3. The summed E-state index contributed by atoms with van der Waals surface area (Å²) in [6, 6.07) is 21.7. The Morgan fingerprint density at radius 2 is 1.55 bits per heavy atom. The number of nitrogens with one attached hydrogen (secondary N) is 1. The molecule has 0 aliphatic heterocycles. The first kappa shape index (κ1) is 21.7. The fourth-order valence-corrected chi connectivity index (χ4v) is 4.10. The van der Waals surface area contributed by atoms with Gasteiger partial charge in [0.1, 0.15) is 6.54 Å². The van der Waals surface area contributed by atoms with E-state index in [-0.39, 0.29) is 10.6 Å². The van der Waals surface area contributed by atoms with Crippen molar-refractivity contribution < 1.29 is 18.1 Å². The van der Waals surface area contributed by atoms with Crippen LogP contribution < -0.4 is 9.73 Å². The first-order valence-corrected chi connectivity index (χ1v) is 10.5. The van der Waals surface area contributed by atoms with Crippen LogP contribution in [0.2, 0.25) is 0 Å². The van der Waals surface area contributed by atoms with Crippen molar-refractivity contribution in [1.82, 2.24) is 5.43 Å². The van der Waals surface area contributed by atoms with Crippen molar-refractivity contribution in [1.29, 1.82) is 0 Å². The Balaban J connectivity index is 1.75. The molecule has 3 aromatic rings. The predicted molar refractivity (Wildman–Crippen MR) is 116 cm³/mol. The number of hydrazone groups is 1. The Kier molecular flexibility index (Phi) is 6.73. The summed E-state index contributed by atoms with van der Waals surface area (Å²) in [5.74, 6) is -0.651. The molecule has 0 saturated carbocycles. The van der Waals surface area contributed by atoms with Gasteiger partial charge in [-0.3, -0.25) is 19.2 Å². The molecule has 0 unspecified atom stereocenters. The van der Waals surface area contributed by atoms with Crippen molar-refractivity contribution in [3.63, 3.8) is 0 Å². The lowest BCUT2D eigenvalue weighted by Gasteiger charge is -2.23. The van der Waals surface area contributed by atoms with Crippen molar-refractivity contribution in [2.24, 2.45) is 5.10 Å². The van der Waals surface area contributed by atoms with Gasteiger partial charge in [0.15, 0.2) is 0 Å². The topological polar surface area (TPSA) is 122 Å². The summed E-state index contributed by atoms with van der Waals surface area (Å²) in [6.45, 7) is -0.487. The summed E-state index contributed by atoms with van der Waals surface area (Å²) in [4.78, 5) is 22.6. The van der Waals surface area contributed by atoms with Crippen LogP contribution in [0.15, 0.2) is 94.9 Å². The highest BCUT2D eigenvalue weighted by Crippen LogP contribution is 2.23. The van der Waals surface area contributed by atoms with Crippen LogP contribution in [0.5, 0.6) is 0 Å². The van der Waals surface area contributed by atoms with Crippen molar-refractivity contribution in [3.8, 4) is 0 Å². The number of benzene rings is 3. The van der Waals surface area contributed by atoms with Gasteiger partial charge in [-0.05, 0) is 42.0 Å². The molecule has 3 rings (SSSR count). The van der Waals surface area contributed by atoms with E-state index in [1.807, 2.05) is 0 Å². The van der Waals surface area contributed by atoms with Gasteiger partial charge in [-0.25, -0.2) is 13.8 Å². The molecule has 0 aliphatic carbocycles. The molecule has 0 heterocycles. The number of nitro benzene ring substituents is 1. The molecule has 0 bridgehead atoms. The number of rotatable bonds is 8. The minimum Gasteiger partial charge on any atom is -0.271 e. The Morgan fingerprint density at radius 1 is 0.968 bits per heavy atom. The third kappa shape index (κ3) is 5.52. The Morgan fingerprint density at radius 3 is 2.13 bits per heavy atom. The zero-order chi connectivity index (χ0) is 22.3. The lowest BCUT2D eigenvalue weighted by Crippen LogP contribution is -2.39. The van der Waals surface area contributed by atoms with E-state index in [9.17, 15) is 23.3 Å². The van der Waals surface area contributed by atoms with Crippen LogP contribution in [0.4, 0.5) is 11.4 Å². The highest BCUT2D eigenvalue weighted by atomic mass is 32.2. The van der Waals surface area contributed by atoms with Crippen LogP contribution in [0.3, 0.4) is 0 Å². The average molecular weight is 438 g/mol. The lowest BCUT2D eigenvalue weighted by atomic mass is 10.2. The minimum atomic E-state index is -3.98. The first-order chi connectivity index (χ1) is 14.9. The Bertz CT molecular complexity index is 1180. The Hall–Kier alpha value is -4.05. The van der Waals surface area contributed by atoms with Crippen LogP contribution >= 0.6 is 0 Å². The highest BCUT2D eigenvalue weighted by Gasteiger charge is 2.26. The summed E-state index contributed by atoms with van der Waals surface area (Å²) in [5.41, 5.74) is 3.08.